The predicted octanol–water partition coefficient (Wildman–Crippen LogP) is 9.68. The lowest BCUT2D eigenvalue weighted by atomic mass is 9.56. The standard InChI is InChI=1S/C31H49N/c1-3-5-9-15-27-16-18-28(19-17-27)31(23-13-8-14-24-31)29(26-32)25-30(20-10-6-4-2)21-11-7-12-22-30/h16-19,29H,3-15,20-25H2,1-2H3. The topological polar surface area (TPSA) is 23.8 Å². The molecule has 2 fully saturated rings. The second kappa shape index (κ2) is 12.8. The summed E-state index contributed by atoms with van der Waals surface area (Å²) < 4.78 is 0. The van der Waals surface area contributed by atoms with Gasteiger partial charge in [-0.1, -0.05) is 109 Å². The number of hydrogen-bond acceptors (Lipinski definition) is 1. The van der Waals surface area contributed by atoms with Crippen LogP contribution in [-0.4, -0.2) is 0 Å². The van der Waals surface area contributed by atoms with Gasteiger partial charge in [-0.2, -0.15) is 5.26 Å². The van der Waals surface area contributed by atoms with Crippen molar-refractivity contribution in [3.8, 4) is 6.07 Å². The van der Waals surface area contributed by atoms with Crippen molar-refractivity contribution in [3.63, 3.8) is 0 Å². The molecular weight excluding hydrogens is 386 g/mol. The number of nitriles is 1. The smallest absolute Gasteiger partial charge is 0.0665 e. The lowest BCUT2D eigenvalue weighted by Gasteiger charge is -2.47. The molecular formula is C31H49N. The molecule has 0 aromatic heterocycles. The van der Waals surface area contributed by atoms with E-state index in [4.69, 9.17) is 0 Å². The Labute approximate surface area is 199 Å². The molecule has 0 amide bonds. The number of nitrogens with zero attached hydrogens (tertiary/aromatic N) is 1. The molecule has 0 saturated heterocycles. The van der Waals surface area contributed by atoms with Crippen LogP contribution >= 0.6 is 0 Å². The number of benzene rings is 1. The molecule has 3 rings (SSSR count). The maximum absolute atomic E-state index is 10.6. The van der Waals surface area contributed by atoms with E-state index in [9.17, 15) is 5.26 Å². The Morgan fingerprint density at radius 1 is 0.781 bits per heavy atom. The third-order valence-corrected chi connectivity index (χ3v) is 9.03. The van der Waals surface area contributed by atoms with Gasteiger partial charge in [-0.25, -0.2) is 0 Å². The highest BCUT2D eigenvalue weighted by atomic mass is 14.5. The van der Waals surface area contributed by atoms with Crippen LogP contribution in [0.3, 0.4) is 0 Å². The molecule has 2 saturated carbocycles. The second-order valence-electron chi connectivity index (χ2n) is 11.3. The van der Waals surface area contributed by atoms with Crippen molar-refractivity contribution in [2.24, 2.45) is 11.3 Å². The molecule has 2 aliphatic rings. The SMILES string of the molecule is CCCCCc1ccc(C2(C(C#N)CC3(CCCCC)CCCCC3)CCCCC2)cc1. The quantitative estimate of drug-likeness (QED) is 0.300. The van der Waals surface area contributed by atoms with Gasteiger partial charge in [0.2, 0.25) is 0 Å². The van der Waals surface area contributed by atoms with Gasteiger partial charge in [0.25, 0.3) is 0 Å². The molecule has 1 atom stereocenters. The summed E-state index contributed by atoms with van der Waals surface area (Å²) in [4.78, 5) is 0. The summed E-state index contributed by atoms with van der Waals surface area (Å²) in [6.07, 6.45) is 24.8. The Hall–Kier alpha value is -1.29. The fraction of sp³-hybridized carbons (Fsp3) is 0.774. The van der Waals surface area contributed by atoms with Crippen molar-refractivity contribution in [3.05, 3.63) is 35.4 Å². The van der Waals surface area contributed by atoms with Crippen LogP contribution in [0.4, 0.5) is 0 Å². The van der Waals surface area contributed by atoms with Crippen molar-refractivity contribution in [1.82, 2.24) is 0 Å². The van der Waals surface area contributed by atoms with Crippen molar-refractivity contribution >= 4 is 0 Å². The van der Waals surface area contributed by atoms with Gasteiger partial charge in [-0.15, -0.1) is 0 Å². The van der Waals surface area contributed by atoms with Crippen molar-refractivity contribution in [2.75, 3.05) is 0 Å². The second-order valence-corrected chi connectivity index (χ2v) is 11.3. The lowest BCUT2D eigenvalue weighted by Crippen LogP contribution is -2.40. The highest BCUT2D eigenvalue weighted by Gasteiger charge is 2.45. The summed E-state index contributed by atoms with van der Waals surface area (Å²) in [6, 6.07) is 12.5. The van der Waals surface area contributed by atoms with Gasteiger partial charge < -0.3 is 0 Å². The van der Waals surface area contributed by atoms with Gasteiger partial charge in [-0.3, -0.25) is 0 Å². The first kappa shape index (κ1) is 25.3. The molecule has 2 aliphatic carbocycles. The molecule has 32 heavy (non-hydrogen) atoms. The van der Waals surface area contributed by atoms with Gasteiger partial charge in [0.05, 0.1) is 12.0 Å². The van der Waals surface area contributed by atoms with Gasteiger partial charge >= 0.3 is 0 Å². The van der Waals surface area contributed by atoms with E-state index >= 15 is 0 Å². The minimum Gasteiger partial charge on any atom is -0.198 e. The number of unbranched alkanes of at least 4 members (excludes halogenated alkanes) is 4. The maximum Gasteiger partial charge on any atom is 0.0665 e. The molecule has 1 aromatic carbocycles. The fourth-order valence-electron chi connectivity index (χ4n) is 7.01. The van der Waals surface area contributed by atoms with Crippen molar-refractivity contribution in [1.29, 1.82) is 5.26 Å². The Balaban J connectivity index is 1.83. The van der Waals surface area contributed by atoms with Gasteiger partial charge in [0, 0.05) is 5.41 Å². The summed E-state index contributed by atoms with van der Waals surface area (Å²) in [7, 11) is 0. The highest BCUT2D eigenvalue weighted by Crippen LogP contribution is 2.53. The minimum atomic E-state index is 0.0875. The Morgan fingerprint density at radius 3 is 1.97 bits per heavy atom. The van der Waals surface area contributed by atoms with E-state index in [-0.39, 0.29) is 11.3 Å². The van der Waals surface area contributed by atoms with Crippen LogP contribution in [0.2, 0.25) is 0 Å². The zero-order valence-corrected chi connectivity index (χ0v) is 21.3. The van der Waals surface area contributed by atoms with Crippen molar-refractivity contribution in [2.45, 2.75) is 141 Å². The van der Waals surface area contributed by atoms with Gasteiger partial charge in [0.15, 0.2) is 0 Å². The highest BCUT2D eigenvalue weighted by molar-refractivity contribution is 5.33. The summed E-state index contributed by atoms with van der Waals surface area (Å²) >= 11 is 0. The molecule has 1 heteroatoms. The molecule has 1 unspecified atom stereocenters. The molecule has 0 N–H and O–H groups in total. The Kier molecular flexibility index (Phi) is 10.1. The first-order chi connectivity index (χ1) is 15.7. The molecule has 1 nitrogen and oxygen atoms in total. The summed E-state index contributed by atoms with van der Waals surface area (Å²) in [5.41, 5.74) is 3.47. The van der Waals surface area contributed by atoms with Gasteiger partial charge in [-0.05, 0) is 67.9 Å². The van der Waals surface area contributed by atoms with Crippen LogP contribution in [0.1, 0.15) is 141 Å². The van der Waals surface area contributed by atoms with E-state index in [0.717, 1.165) is 6.42 Å². The van der Waals surface area contributed by atoms with E-state index in [1.165, 1.54) is 127 Å². The van der Waals surface area contributed by atoms with Crippen LogP contribution in [0, 0.1) is 22.7 Å². The van der Waals surface area contributed by atoms with Crippen molar-refractivity contribution < 1.29 is 0 Å². The molecule has 0 aliphatic heterocycles. The third-order valence-electron chi connectivity index (χ3n) is 9.03. The van der Waals surface area contributed by atoms with Gasteiger partial charge in [0.1, 0.15) is 0 Å². The molecule has 178 valence electrons. The monoisotopic (exact) mass is 435 g/mol. The summed E-state index contributed by atoms with van der Waals surface area (Å²) in [6.45, 7) is 4.59. The number of aryl methyl sites for hydroxylation is 1. The average Bonchev–Trinajstić information content (AvgIpc) is 2.84. The zero-order valence-electron chi connectivity index (χ0n) is 21.3. The van der Waals surface area contributed by atoms with Crippen LogP contribution in [0.5, 0.6) is 0 Å². The molecule has 0 spiro atoms. The van der Waals surface area contributed by atoms with E-state index in [1.54, 1.807) is 0 Å². The Morgan fingerprint density at radius 2 is 1.38 bits per heavy atom. The molecule has 0 heterocycles. The third kappa shape index (κ3) is 6.40. The average molecular weight is 436 g/mol. The fourth-order valence-corrected chi connectivity index (χ4v) is 7.01. The largest absolute Gasteiger partial charge is 0.198 e. The molecule has 1 aromatic rings. The lowest BCUT2D eigenvalue weighted by molar-refractivity contribution is 0.0968. The predicted molar refractivity (Wildman–Crippen MR) is 138 cm³/mol. The minimum absolute atomic E-state index is 0.0875. The van der Waals surface area contributed by atoms with Crippen LogP contribution < -0.4 is 0 Å². The Bertz CT molecular complexity index is 682. The zero-order chi connectivity index (χ0) is 22.7. The van der Waals surface area contributed by atoms with E-state index in [0.29, 0.717) is 5.41 Å². The van der Waals surface area contributed by atoms with E-state index in [2.05, 4.69) is 44.2 Å². The van der Waals surface area contributed by atoms with E-state index in [1.807, 2.05) is 0 Å². The normalized spacial score (nSPS) is 21.0. The number of rotatable bonds is 12. The first-order valence-electron chi connectivity index (χ1n) is 14.2. The maximum atomic E-state index is 10.6. The molecule has 0 bridgehead atoms. The summed E-state index contributed by atoms with van der Waals surface area (Å²) in [5.74, 6) is 0.175. The van der Waals surface area contributed by atoms with Crippen LogP contribution in [-0.2, 0) is 11.8 Å². The first-order valence-corrected chi connectivity index (χ1v) is 14.2. The molecule has 0 radical (unpaired) electrons. The van der Waals surface area contributed by atoms with Crippen LogP contribution in [0.25, 0.3) is 0 Å². The van der Waals surface area contributed by atoms with Crippen LogP contribution in [0.15, 0.2) is 24.3 Å². The van der Waals surface area contributed by atoms with E-state index < -0.39 is 0 Å². The number of hydrogen-bond donors (Lipinski definition) is 0. The summed E-state index contributed by atoms with van der Waals surface area (Å²) in [5, 5.41) is 10.6.